The van der Waals surface area contributed by atoms with Crippen LogP contribution in [-0.2, 0) is 17.6 Å². The van der Waals surface area contributed by atoms with E-state index in [9.17, 15) is 0 Å². The molecule has 1 atom stereocenters. The minimum Gasteiger partial charge on any atom is -0.493 e. The summed E-state index contributed by atoms with van der Waals surface area (Å²) in [5, 5.41) is 0.761. The van der Waals surface area contributed by atoms with Crippen LogP contribution in [0, 0.1) is 0 Å². The molecule has 0 fully saturated rings. The van der Waals surface area contributed by atoms with Gasteiger partial charge in [-0.3, -0.25) is 0 Å². The molecule has 0 aliphatic carbocycles. The summed E-state index contributed by atoms with van der Waals surface area (Å²) >= 11 is 6.23. The van der Waals surface area contributed by atoms with Crippen molar-refractivity contribution in [2.75, 3.05) is 13.2 Å². The summed E-state index contributed by atoms with van der Waals surface area (Å²) in [6, 6.07) is 3.90. The molecule has 4 heteroatoms. The van der Waals surface area contributed by atoms with Gasteiger partial charge >= 0.3 is 0 Å². The number of hydrogen-bond donors (Lipinski definition) is 1. The van der Waals surface area contributed by atoms with Crippen LogP contribution in [0.5, 0.6) is 5.75 Å². The molecule has 0 radical (unpaired) electrons. The van der Waals surface area contributed by atoms with E-state index >= 15 is 0 Å². The monoisotopic (exact) mass is 311 g/mol. The van der Waals surface area contributed by atoms with E-state index in [0.29, 0.717) is 6.61 Å². The maximum absolute atomic E-state index is 6.51. The summed E-state index contributed by atoms with van der Waals surface area (Å²) in [6.07, 6.45) is 3.46. The van der Waals surface area contributed by atoms with Crippen LogP contribution in [0.15, 0.2) is 12.1 Å². The average molecular weight is 312 g/mol. The van der Waals surface area contributed by atoms with Crippen molar-refractivity contribution in [2.45, 2.75) is 58.1 Å². The number of hydrogen-bond acceptors (Lipinski definition) is 3. The van der Waals surface area contributed by atoms with Gasteiger partial charge in [0, 0.05) is 24.1 Å². The van der Waals surface area contributed by atoms with Crippen LogP contribution in [0.2, 0.25) is 5.02 Å². The minimum absolute atomic E-state index is 0.0702. The number of benzene rings is 1. The molecule has 118 valence electrons. The third-order valence-electron chi connectivity index (χ3n) is 4.57. The molecule has 0 saturated heterocycles. The molecule has 0 bridgehead atoms. The first kappa shape index (κ1) is 16.6. The standard InChI is InChI=1S/C17H26ClNO2/c1-4-17(5-2,21-6-3)15(19)11-13-10-14(18)9-12-7-8-20-16(12)13/h9-10,15H,4-8,11,19H2,1-3H3. The Bertz CT molecular complexity index is 486. The Kier molecular flexibility index (Phi) is 5.53. The van der Waals surface area contributed by atoms with Gasteiger partial charge in [-0.1, -0.05) is 25.4 Å². The molecule has 2 N–H and O–H groups in total. The summed E-state index contributed by atoms with van der Waals surface area (Å²) in [4.78, 5) is 0. The molecule has 1 heterocycles. The summed E-state index contributed by atoms with van der Waals surface area (Å²) in [7, 11) is 0. The van der Waals surface area contributed by atoms with Gasteiger partial charge in [-0.2, -0.15) is 0 Å². The zero-order valence-corrected chi connectivity index (χ0v) is 14.0. The molecule has 21 heavy (non-hydrogen) atoms. The zero-order chi connectivity index (χ0) is 15.5. The van der Waals surface area contributed by atoms with Crippen molar-refractivity contribution in [3.8, 4) is 5.75 Å². The van der Waals surface area contributed by atoms with Gasteiger partial charge in [-0.15, -0.1) is 0 Å². The molecule has 2 rings (SSSR count). The van der Waals surface area contributed by atoms with E-state index in [-0.39, 0.29) is 11.6 Å². The Morgan fingerprint density at radius 3 is 2.67 bits per heavy atom. The Labute approximate surface area is 132 Å². The highest BCUT2D eigenvalue weighted by Crippen LogP contribution is 2.35. The van der Waals surface area contributed by atoms with Gasteiger partial charge in [0.05, 0.1) is 12.2 Å². The van der Waals surface area contributed by atoms with Gasteiger partial charge in [0.15, 0.2) is 0 Å². The molecule has 1 aromatic carbocycles. The number of halogens is 1. The van der Waals surface area contributed by atoms with E-state index in [1.165, 1.54) is 5.56 Å². The van der Waals surface area contributed by atoms with Crippen molar-refractivity contribution in [2.24, 2.45) is 5.73 Å². The largest absolute Gasteiger partial charge is 0.493 e. The normalized spacial score (nSPS) is 15.7. The van der Waals surface area contributed by atoms with E-state index in [1.807, 2.05) is 19.1 Å². The number of ether oxygens (including phenoxy) is 2. The first-order valence-electron chi connectivity index (χ1n) is 7.90. The lowest BCUT2D eigenvalue weighted by Crippen LogP contribution is -2.50. The van der Waals surface area contributed by atoms with Crippen LogP contribution in [0.4, 0.5) is 0 Å². The summed E-state index contributed by atoms with van der Waals surface area (Å²) < 4.78 is 11.8. The van der Waals surface area contributed by atoms with Crippen molar-refractivity contribution in [3.63, 3.8) is 0 Å². The van der Waals surface area contributed by atoms with Gasteiger partial charge in [0.25, 0.3) is 0 Å². The highest BCUT2D eigenvalue weighted by atomic mass is 35.5. The van der Waals surface area contributed by atoms with Gasteiger partial charge in [-0.25, -0.2) is 0 Å². The summed E-state index contributed by atoms with van der Waals surface area (Å²) in [5.41, 5.74) is 8.54. The quantitative estimate of drug-likeness (QED) is 0.834. The highest BCUT2D eigenvalue weighted by Gasteiger charge is 2.35. The SMILES string of the molecule is CCOC(CC)(CC)C(N)Cc1cc(Cl)cc2c1OCC2. The smallest absolute Gasteiger partial charge is 0.125 e. The maximum Gasteiger partial charge on any atom is 0.125 e. The fraction of sp³-hybridized carbons (Fsp3) is 0.647. The molecule has 0 amide bonds. The lowest BCUT2D eigenvalue weighted by molar-refractivity contribution is -0.0634. The molecule has 0 saturated carbocycles. The minimum atomic E-state index is -0.275. The molecule has 1 aromatic rings. The molecule has 0 aromatic heterocycles. The fourth-order valence-electron chi connectivity index (χ4n) is 3.29. The molecule has 3 nitrogen and oxygen atoms in total. The van der Waals surface area contributed by atoms with Gasteiger partial charge in [0.2, 0.25) is 0 Å². The van der Waals surface area contributed by atoms with Crippen molar-refractivity contribution in [1.29, 1.82) is 0 Å². The van der Waals surface area contributed by atoms with Crippen LogP contribution in [0.3, 0.4) is 0 Å². The lowest BCUT2D eigenvalue weighted by Gasteiger charge is -2.37. The highest BCUT2D eigenvalue weighted by molar-refractivity contribution is 6.30. The van der Waals surface area contributed by atoms with Crippen molar-refractivity contribution in [3.05, 3.63) is 28.3 Å². The van der Waals surface area contributed by atoms with Gasteiger partial charge in [0.1, 0.15) is 5.75 Å². The molecule has 0 spiro atoms. The van der Waals surface area contributed by atoms with E-state index in [2.05, 4.69) is 13.8 Å². The van der Waals surface area contributed by atoms with Crippen molar-refractivity contribution < 1.29 is 9.47 Å². The number of nitrogens with two attached hydrogens (primary N) is 1. The molecular weight excluding hydrogens is 286 g/mol. The van der Waals surface area contributed by atoms with Crippen LogP contribution in [0.25, 0.3) is 0 Å². The maximum atomic E-state index is 6.51. The summed E-state index contributed by atoms with van der Waals surface area (Å²) in [6.45, 7) is 7.71. The second-order valence-corrected chi connectivity index (χ2v) is 6.10. The van der Waals surface area contributed by atoms with Crippen LogP contribution in [0.1, 0.15) is 44.7 Å². The Balaban J connectivity index is 2.25. The van der Waals surface area contributed by atoms with Crippen molar-refractivity contribution in [1.82, 2.24) is 0 Å². The first-order valence-corrected chi connectivity index (χ1v) is 8.27. The Morgan fingerprint density at radius 2 is 2.05 bits per heavy atom. The third kappa shape index (κ3) is 3.36. The number of rotatable bonds is 7. The van der Waals surface area contributed by atoms with Crippen molar-refractivity contribution >= 4 is 11.6 Å². The van der Waals surface area contributed by atoms with Gasteiger partial charge < -0.3 is 15.2 Å². The second-order valence-electron chi connectivity index (χ2n) is 5.67. The van der Waals surface area contributed by atoms with E-state index in [4.69, 9.17) is 26.8 Å². The second kappa shape index (κ2) is 6.99. The predicted octanol–water partition coefficient (Wildman–Crippen LogP) is 3.74. The molecular formula is C17H26ClNO2. The van der Waals surface area contributed by atoms with E-state index in [0.717, 1.165) is 48.6 Å². The number of fused-ring (bicyclic) bond motifs is 1. The molecule has 1 unspecified atom stereocenters. The van der Waals surface area contributed by atoms with Gasteiger partial charge in [-0.05, 0) is 49.4 Å². The van der Waals surface area contributed by atoms with E-state index in [1.54, 1.807) is 0 Å². The van der Waals surface area contributed by atoms with Crippen LogP contribution < -0.4 is 10.5 Å². The Morgan fingerprint density at radius 1 is 1.33 bits per heavy atom. The Hall–Kier alpha value is -0.770. The summed E-state index contributed by atoms with van der Waals surface area (Å²) in [5.74, 6) is 0.979. The zero-order valence-electron chi connectivity index (χ0n) is 13.2. The average Bonchev–Trinajstić information content (AvgIpc) is 2.93. The molecule has 1 aliphatic rings. The predicted molar refractivity (Wildman–Crippen MR) is 87.3 cm³/mol. The molecule has 1 aliphatic heterocycles. The lowest BCUT2D eigenvalue weighted by atomic mass is 9.84. The first-order chi connectivity index (χ1) is 10.1. The van der Waals surface area contributed by atoms with E-state index < -0.39 is 0 Å². The van der Waals surface area contributed by atoms with Crippen LogP contribution >= 0.6 is 11.6 Å². The third-order valence-corrected chi connectivity index (χ3v) is 4.79. The topological polar surface area (TPSA) is 44.5 Å². The van der Waals surface area contributed by atoms with Crippen LogP contribution in [-0.4, -0.2) is 24.9 Å². The fourth-order valence-corrected chi connectivity index (χ4v) is 3.56.